The van der Waals surface area contributed by atoms with Gasteiger partial charge in [-0.2, -0.15) is 8.42 Å². The number of hydrogen-bond donors (Lipinski definition) is 1. The summed E-state index contributed by atoms with van der Waals surface area (Å²) in [6, 6.07) is 18.5. The molecule has 2 atom stereocenters. The van der Waals surface area contributed by atoms with Crippen LogP contribution in [0.25, 0.3) is 0 Å². The van der Waals surface area contributed by atoms with Crippen molar-refractivity contribution in [3.8, 4) is 0 Å². The van der Waals surface area contributed by atoms with Crippen LogP contribution in [0.1, 0.15) is 62.0 Å². The van der Waals surface area contributed by atoms with Crippen LogP contribution in [0.15, 0.2) is 71.9 Å². The number of rotatable bonds is 6. The molecule has 0 saturated carbocycles. The second kappa shape index (κ2) is 9.78. The van der Waals surface area contributed by atoms with E-state index in [9.17, 15) is 13.2 Å². The molecular weight excluding hydrogens is 486 g/mol. The third-order valence-electron chi connectivity index (χ3n) is 7.30. The number of carbonyl (C=O) groups excluding carboxylic acids is 1. The van der Waals surface area contributed by atoms with Crippen LogP contribution in [0.2, 0.25) is 0 Å². The molecule has 194 valence electrons. The summed E-state index contributed by atoms with van der Waals surface area (Å²) < 4.78 is 28.8. The maximum atomic E-state index is 13.3. The Labute approximate surface area is 218 Å². The maximum absolute atomic E-state index is 13.3. The third kappa shape index (κ3) is 5.05. The quantitative estimate of drug-likeness (QED) is 0.510. The van der Waals surface area contributed by atoms with Crippen LogP contribution in [0.3, 0.4) is 0 Å². The van der Waals surface area contributed by atoms with E-state index < -0.39 is 15.9 Å². The van der Waals surface area contributed by atoms with Gasteiger partial charge in [0.1, 0.15) is 11.6 Å². The van der Waals surface area contributed by atoms with Gasteiger partial charge in [-0.3, -0.25) is 4.79 Å². The minimum Gasteiger partial charge on any atom is -0.351 e. The first kappa shape index (κ1) is 25.2. The van der Waals surface area contributed by atoms with Gasteiger partial charge in [0, 0.05) is 24.8 Å². The van der Waals surface area contributed by atoms with Gasteiger partial charge in [0.05, 0.1) is 11.6 Å². The Morgan fingerprint density at radius 1 is 1.05 bits per heavy atom. The fourth-order valence-corrected chi connectivity index (χ4v) is 6.68. The number of nitrogens with zero attached hydrogens (tertiary/aromatic N) is 4. The van der Waals surface area contributed by atoms with Crippen LogP contribution in [-0.2, 0) is 10.0 Å². The van der Waals surface area contributed by atoms with Gasteiger partial charge in [-0.05, 0) is 68.9 Å². The molecule has 3 aromatic rings. The Morgan fingerprint density at radius 2 is 1.84 bits per heavy atom. The fraction of sp³-hybridized carbons (Fsp3) is 0.393. The van der Waals surface area contributed by atoms with Gasteiger partial charge < -0.3 is 9.80 Å². The van der Waals surface area contributed by atoms with E-state index in [-0.39, 0.29) is 22.2 Å². The van der Waals surface area contributed by atoms with Crippen LogP contribution in [0.5, 0.6) is 0 Å². The second-order valence-electron chi connectivity index (χ2n) is 10.6. The van der Waals surface area contributed by atoms with E-state index in [0.717, 1.165) is 32.4 Å². The number of amides is 1. The molecule has 0 bridgehead atoms. The fourth-order valence-electron chi connectivity index (χ4n) is 5.75. The number of benzene rings is 1. The predicted octanol–water partition coefficient (Wildman–Crippen LogP) is 4.56. The highest BCUT2D eigenvalue weighted by molar-refractivity contribution is 7.90. The average Bonchev–Trinajstić information content (AvgIpc) is 3.48. The van der Waals surface area contributed by atoms with Crippen molar-refractivity contribution in [1.29, 1.82) is 0 Å². The molecule has 2 aliphatic heterocycles. The molecule has 2 unspecified atom stereocenters. The van der Waals surface area contributed by atoms with E-state index in [0.29, 0.717) is 17.6 Å². The molecule has 8 nitrogen and oxygen atoms in total. The van der Waals surface area contributed by atoms with Crippen molar-refractivity contribution < 1.29 is 13.2 Å². The molecule has 2 saturated heterocycles. The summed E-state index contributed by atoms with van der Waals surface area (Å²) in [5, 5.41) is -0.183. The van der Waals surface area contributed by atoms with Crippen molar-refractivity contribution in [3.63, 3.8) is 0 Å². The summed E-state index contributed by atoms with van der Waals surface area (Å²) in [6.45, 7) is 7.92. The molecule has 9 heteroatoms. The van der Waals surface area contributed by atoms with Gasteiger partial charge in [0.25, 0.3) is 15.9 Å². The number of sulfonamides is 1. The molecule has 37 heavy (non-hydrogen) atoms. The summed E-state index contributed by atoms with van der Waals surface area (Å²) in [7, 11) is -4.21. The Balaban J connectivity index is 1.40. The van der Waals surface area contributed by atoms with Crippen LogP contribution in [0, 0.1) is 5.92 Å². The number of nitrogens with one attached hydrogen (secondary N) is 1. The summed E-state index contributed by atoms with van der Waals surface area (Å²) in [5.41, 5.74) is 1.21. The zero-order valence-corrected chi connectivity index (χ0v) is 22.3. The van der Waals surface area contributed by atoms with Crippen molar-refractivity contribution >= 4 is 27.6 Å². The molecule has 2 aromatic heterocycles. The SMILES string of the molecule is CC1CN(c2ncccc2C(=O)NS(=O)(=O)c2cccc(N3CCCC3c3ccccc3)n2)C(C)(C)C1. The first-order valence-electron chi connectivity index (χ1n) is 12.7. The van der Waals surface area contributed by atoms with E-state index in [2.05, 4.69) is 57.4 Å². The molecular formula is C28H33N5O3S. The highest BCUT2D eigenvalue weighted by Gasteiger charge is 2.39. The van der Waals surface area contributed by atoms with Crippen molar-refractivity contribution in [1.82, 2.24) is 14.7 Å². The van der Waals surface area contributed by atoms with E-state index in [1.165, 1.54) is 11.6 Å². The minimum atomic E-state index is -4.21. The molecule has 2 fully saturated rings. The molecule has 1 amide bonds. The topological polar surface area (TPSA) is 95.5 Å². The van der Waals surface area contributed by atoms with Crippen molar-refractivity contribution in [2.75, 3.05) is 22.9 Å². The number of anilines is 2. The summed E-state index contributed by atoms with van der Waals surface area (Å²) in [5.74, 6) is 0.799. The first-order valence-corrected chi connectivity index (χ1v) is 14.2. The molecule has 4 heterocycles. The van der Waals surface area contributed by atoms with Crippen LogP contribution in [0.4, 0.5) is 11.6 Å². The Hall–Kier alpha value is -3.46. The second-order valence-corrected chi connectivity index (χ2v) is 12.3. The number of hydrogen-bond acceptors (Lipinski definition) is 7. The zero-order valence-electron chi connectivity index (χ0n) is 21.5. The van der Waals surface area contributed by atoms with E-state index in [1.807, 2.05) is 24.3 Å². The number of pyridine rings is 2. The standard InChI is InChI=1S/C28H33N5O3S/c1-20-18-28(2,3)33(19-20)26-22(12-8-16-29-26)27(34)31-37(35,36)25-15-7-14-24(30-25)32-17-9-13-23(32)21-10-5-4-6-11-21/h4-8,10-12,14-16,20,23H,9,13,17-19H2,1-3H3,(H,31,34). The van der Waals surface area contributed by atoms with Crippen LogP contribution >= 0.6 is 0 Å². The highest BCUT2D eigenvalue weighted by Crippen LogP contribution is 2.37. The van der Waals surface area contributed by atoms with E-state index in [1.54, 1.807) is 24.4 Å². The normalized spacial score (nSPS) is 21.3. The van der Waals surface area contributed by atoms with Gasteiger partial charge in [-0.1, -0.05) is 43.3 Å². The highest BCUT2D eigenvalue weighted by atomic mass is 32.2. The molecule has 0 radical (unpaired) electrons. The molecule has 0 spiro atoms. The van der Waals surface area contributed by atoms with E-state index >= 15 is 0 Å². The monoisotopic (exact) mass is 519 g/mol. The first-order chi connectivity index (χ1) is 17.7. The lowest BCUT2D eigenvalue weighted by molar-refractivity contribution is 0.0981. The minimum absolute atomic E-state index is 0.130. The third-order valence-corrected chi connectivity index (χ3v) is 8.53. The number of aromatic nitrogens is 2. The van der Waals surface area contributed by atoms with Crippen molar-refractivity contribution in [2.45, 2.75) is 56.6 Å². The van der Waals surface area contributed by atoms with Crippen LogP contribution in [-0.4, -0.2) is 42.9 Å². The molecule has 1 aromatic carbocycles. The molecule has 2 aliphatic rings. The molecule has 1 N–H and O–H groups in total. The largest absolute Gasteiger partial charge is 0.351 e. The van der Waals surface area contributed by atoms with Gasteiger partial charge in [0.2, 0.25) is 0 Å². The average molecular weight is 520 g/mol. The van der Waals surface area contributed by atoms with E-state index in [4.69, 9.17) is 0 Å². The Morgan fingerprint density at radius 3 is 2.57 bits per heavy atom. The molecule has 5 rings (SSSR count). The number of carbonyl (C=O) groups is 1. The Kier molecular flexibility index (Phi) is 6.66. The lowest BCUT2D eigenvalue weighted by Gasteiger charge is -2.33. The Bertz CT molecular complexity index is 1390. The lowest BCUT2D eigenvalue weighted by Crippen LogP contribution is -2.41. The van der Waals surface area contributed by atoms with Gasteiger partial charge in [-0.25, -0.2) is 14.7 Å². The zero-order chi connectivity index (χ0) is 26.2. The van der Waals surface area contributed by atoms with Crippen LogP contribution < -0.4 is 14.5 Å². The summed E-state index contributed by atoms with van der Waals surface area (Å²) in [6.07, 6.45) is 4.54. The lowest BCUT2D eigenvalue weighted by atomic mass is 9.97. The van der Waals surface area contributed by atoms with Crippen molar-refractivity contribution in [2.24, 2.45) is 5.92 Å². The maximum Gasteiger partial charge on any atom is 0.281 e. The smallest absolute Gasteiger partial charge is 0.281 e. The predicted molar refractivity (Wildman–Crippen MR) is 144 cm³/mol. The van der Waals surface area contributed by atoms with Gasteiger partial charge >= 0.3 is 0 Å². The van der Waals surface area contributed by atoms with Gasteiger partial charge in [-0.15, -0.1) is 0 Å². The van der Waals surface area contributed by atoms with Crippen molar-refractivity contribution in [3.05, 3.63) is 78.0 Å². The van der Waals surface area contributed by atoms with Gasteiger partial charge in [0.15, 0.2) is 5.03 Å². The molecule has 0 aliphatic carbocycles. The summed E-state index contributed by atoms with van der Waals surface area (Å²) >= 11 is 0. The summed E-state index contributed by atoms with van der Waals surface area (Å²) in [4.78, 5) is 26.5.